The zero-order valence-corrected chi connectivity index (χ0v) is 17.1. The highest BCUT2D eigenvalue weighted by Crippen LogP contribution is 2.58. The summed E-state index contributed by atoms with van der Waals surface area (Å²) in [5.41, 5.74) is 2.53. The second-order valence-corrected chi connectivity index (χ2v) is 8.82. The number of amides is 1. The molecule has 1 aromatic carbocycles. The molecule has 2 aliphatic carbocycles. The number of rotatable bonds is 3. The molecule has 1 atom stereocenters. The molecule has 2 heterocycles. The average Bonchev–Trinajstić information content (AvgIpc) is 2.78. The highest BCUT2D eigenvalue weighted by atomic mass is 19.1. The molecule has 1 N–H and O–H groups in total. The number of nitriles is 1. The quantitative estimate of drug-likeness (QED) is 0.628. The molecule has 3 aromatic rings. The van der Waals surface area contributed by atoms with Crippen LogP contribution in [-0.4, -0.2) is 15.9 Å². The third kappa shape index (κ3) is 3.54. The van der Waals surface area contributed by atoms with E-state index in [0.717, 1.165) is 49.4 Å². The van der Waals surface area contributed by atoms with Gasteiger partial charge in [0.05, 0.1) is 11.1 Å². The van der Waals surface area contributed by atoms with Gasteiger partial charge in [0.15, 0.2) is 0 Å². The van der Waals surface area contributed by atoms with Gasteiger partial charge in [-0.25, -0.2) is 9.37 Å². The Kier molecular flexibility index (Phi) is 4.90. The summed E-state index contributed by atoms with van der Waals surface area (Å²) in [7, 11) is 0. The van der Waals surface area contributed by atoms with Crippen molar-refractivity contribution >= 4 is 22.6 Å². The SMILES string of the molecule is N#Cc1ccc(NC(=O)[C@H]2CCC23CCC(c2ccnc4ccc(F)cc24)CC3)nc1. The number of anilines is 1. The average molecular weight is 414 g/mol. The van der Waals surface area contributed by atoms with E-state index in [1.54, 1.807) is 24.3 Å². The van der Waals surface area contributed by atoms with Gasteiger partial charge in [-0.2, -0.15) is 5.26 Å². The van der Waals surface area contributed by atoms with Crippen molar-refractivity contribution in [3.05, 3.63) is 65.7 Å². The van der Waals surface area contributed by atoms with Gasteiger partial charge < -0.3 is 5.32 Å². The number of nitrogens with one attached hydrogen (secondary N) is 1. The molecule has 5 nitrogen and oxygen atoms in total. The van der Waals surface area contributed by atoms with Crippen LogP contribution in [0.4, 0.5) is 10.2 Å². The monoisotopic (exact) mass is 414 g/mol. The molecule has 0 aliphatic heterocycles. The molecule has 1 amide bonds. The van der Waals surface area contributed by atoms with Crippen molar-refractivity contribution in [1.82, 2.24) is 9.97 Å². The molecule has 2 aliphatic rings. The molecule has 2 saturated carbocycles. The van der Waals surface area contributed by atoms with Gasteiger partial charge in [-0.1, -0.05) is 0 Å². The van der Waals surface area contributed by atoms with Crippen molar-refractivity contribution in [2.45, 2.75) is 44.4 Å². The summed E-state index contributed by atoms with van der Waals surface area (Å²) in [6, 6.07) is 12.2. The van der Waals surface area contributed by atoms with Gasteiger partial charge in [0.1, 0.15) is 17.7 Å². The van der Waals surface area contributed by atoms with Gasteiger partial charge in [0, 0.05) is 23.7 Å². The number of pyridine rings is 2. The van der Waals surface area contributed by atoms with E-state index < -0.39 is 0 Å². The van der Waals surface area contributed by atoms with Crippen molar-refractivity contribution < 1.29 is 9.18 Å². The first kappa shape index (κ1) is 19.6. The maximum absolute atomic E-state index is 13.8. The zero-order valence-electron chi connectivity index (χ0n) is 17.1. The van der Waals surface area contributed by atoms with Gasteiger partial charge in [-0.15, -0.1) is 0 Å². The summed E-state index contributed by atoms with van der Waals surface area (Å²) < 4.78 is 13.8. The highest BCUT2D eigenvalue weighted by Gasteiger charge is 2.51. The van der Waals surface area contributed by atoms with E-state index in [4.69, 9.17) is 5.26 Å². The minimum atomic E-state index is -0.235. The predicted octanol–water partition coefficient (Wildman–Crippen LogP) is 5.33. The van der Waals surface area contributed by atoms with Crippen LogP contribution in [0.15, 0.2) is 48.8 Å². The van der Waals surface area contributed by atoms with Crippen molar-refractivity contribution in [2.24, 2.45) is 11.3 Å². The summed E-state index contributed by atoms with van der Waals surface area (Å²) >= 11 is 0. The van der Waals surface area contributed by atoms with Crippen LogP contribution in [-0.2, 0) is 4.79 Å². The molecule has 1 spiro atoms. The van der Waals surface area contributed by atoms with E-state index in [-0.39, 0.29) is 23.1 Å². The van der Waals surface area contributed by atoms with Gasteiger partial charge in [-0.3, -0.25) is 9.78 Å². The van der Waals surface area contributed by atoms with Crippen LogP contribution in [0.5, 0.6) is 0 Å². The number of nitrogens with zero attached hydrogens (tertiary/aromatic N) is 3. The van der Waals surface area contributed by atoms with E-state index in [1.165, 1.54) is 17.8 Å². The molecule has 0 unspecified atom stereocenters. The van der Waals surface area contributed by atoms with Gasteiger partial charge in [0.2, 0.25) is 5.91 Å². The Hall–Kier alpha value is -3.33. The fraction of sp³-hybridized carbons (Fsp3) is 0.360. The lowest BCUT2D eigenvalue weighted by Gasteiger charge is -2.52. The van der Waals surface area contributed by atoms with Crippen LogP contribution in [0.25, 0.3) is 10.9 Å². The standard InChI is InChI=1S/C25H23FN4O/c26-18-2-3-22-20(13-18)19(8-12-28-22)17-5-9-25(10-6-17)11-7-21(25)24(31)30-23-4-1-16(14-27)15-29-23/h1-4,8,12-13,15,17,21H,5-7,9-11H2,(H,29,30,31)/t17?,21-,25?/m1/s1. The van der Waals surface area contributed by atoms with E-state index in [2.05, 4.69) is 15.3 Å². The van der Waals surface area contributed by atoms with Crippen molar-refractivity contribution in [2.75, 3.05) is 5.32 Å². The Morgan fingerprint density at radius 3 is 2.58 bits per heavy atom. The lowest BCUT2D eigenvalue weighted by atomic mass is 9.52. The Morgan fingerprint density at radius 2 is 1.90 bits per heavy atom. The van der Waals surface area contributed by atoms with E-state index in [1.807, 2.05) is 18.3 Å². The first-order valence-corrected chi connectivity index (χ1v) is 10.8. The molecule has 2 aromatic heterocycles. The van der Waals surface area contributed by atoms with Crippen molar-refractivity contribution in [1.29, 1.82) is 5.26 Å². The minimum absolute atomic E-state index is 0.00229. The number of halogens is 1. The molecule has 156 valence electrons. The van der Waals surface area contributed by atoms with Crippen LogP contribution in [0.2, 0.25) is 0 Å². The Balaban J connectivity index is 1.28. The summed E-state index contributed by atoms with van der Waals surface area (Å²) in [6.45, 7) is 0. The lowest BCUT2D eigenvalue weighted by Crippen LogP contribution is -2.48. The molecular weight excluding hydrogens is 391 g/mol. The van der Waals surface area contributed by atoms with Gasteiger partial charge in [0.25, 0.3) is 0 Å². The second-order valence-electron chi connectivity index (χ2n) is 8.82. The molecule has 0 bridgehead atoms. The zero-order chi connectivity index (χ0) is 21.4. The van der Waals surface area contributed by atoms with E-state index in [0.29, 0.717) is 17.3 Å². The van der Waals surface area contributed by atoms with Gasteiger partial charge in [-0.05, 0) is 91.8 Å². The lowest BCUT2D eigenvalue weighted by molar-refractivity contribution is -0.133. The van der Waals surface area contributed by atoms with Gasteiger partial charge >= 0.3 is 0 Å². The first-order valence-electron chi connectivity index (χ1n) is 10.8. The summed E-state index contributed by atoms with van der Waals surface area (Å²) in [4.78, 5) is 21.5. The summed E-state index contributed by atoms with van der Waals surface area (Å²) in [5, 5.41) is 12.7. The summed E-state index contributed by atoms with van der Waals surface area (Å²) in [6.07, 6.45) is 9.23. The Bertz CT molecular complexity index is 1180. The third-order valence-electron chi connectivity index (χ3n) is 7.29. The highest BCUT2D eigenvalue weighted by molar-refractivity contribution is 5.93. The molecular formula is C25H23FN4O. The van der Waals surface area contributed by atoms with E-state index >= 15 is 0 Å². The first-order chi connectivity index (χ1) is 15.1. The molecule has 2 fully saturated rings. The third-order valence-corrected chi connectivity index (χ3v) is 7.29. The molecule has 0 radical (unpaired) electrons. The number of carbonyl (C=O) groups is 1. The minimum Gasteiger partial charge on any atom is -0.310 e. The second kappa shape index (κ2) is 7.73. The number of hydrogen-bond donors (Lipinski definition) is 1. The van der Waals surface area contributed by atoms with Crippen LogP contribution >= 0.6 is 0 Å². The fourth-order valence-corrected chi connectivity index (χ4v) is 5.45. The fourth-order valence-electron chi connectivity index (χ4n) is 5.45. The van der Waals surface area contributed by atoms with Crippen LogP contribution < -0.4 is 5.32 Å². The summed E-state index contributed by atoms with van der Waals surface area (Å²) in [5.74, 6) is 0.643. The Labute approximate surface area is 180 Å². The normalized spacial score (nSPS) is 25.0. The largest absolute Gasteiger partial charge is 0.310 e. The molecule has 0 saturated heterocycles. The molecule has 6 heteroatoms. The van der Waals surface area contributed by atoms with E-state index in [9.17, 15) is 9.18 Å². The maximum atomic E-state index is 13.8. The molecule has 5 rings (SSSR count). The Morgan fingerprint density at radius 1 is 1.10 bits per heavy atom. The maximum Gasteiger partial charge on any atom is 0.229 e. The van der Waals surface area contributed by atoms with Crippen LogP contribution in [0.1, 0.15) is 55.6 Å². The van der Waals surface area contributed by atoms with Crippen molar-refractivity contribution in [3.63, 3.8) is 0 Å². The number of hydrogen-bond acceptors (Lipinski definition) is 4. The predicted molar refractivity (Wildman–Crippen MR) is 116 cm³/mol. The van der Waals surface area contributed by atoms with Crippen molar-refractivity contribution in [3.8, 4) is 6.07 Å². The number of fused-ring (bicyclic) bond motifs is 1. The van der Waals surface area contributed by atoms with Crippen LogP contribution in [0.3, 0.4) is 0 Å². The van der Waals surface area contributed by atoms with Crippen LogP contribution in [0, 0.1) is 28.5 Å². The smallest absolute Gasteiger partial charge is 0.229 e. The number of carbonyl (C=O) groups excluding carboxylic acids is 1. The molecule has 31 heavy (non-hydrogen) atoms. The topological polar surface area (TPSA) is 78.7 Å². The number of benzene rings is 1. The number of aromatic nitrogens is 2.